The summed E-state index contributed by atoms with van der Waals surface area (Å²) >= 11 is 0. The molecule has 0 spiro atoms. The van der Waals surface area contributed by atoms with Gasteiger partial charge in [0.1, 0.15) is 11.9 Å². The molecule has 1 saturated heterocycles. The zero-order chi connectivity index (χ0) is 8.72. The highest BCUT2D eigenvalue weighted by Gasteiger charge is 2.44. The van der Waals surface area contributed by atoms with E-state index < -0.39 is 0 Å². The number of hydrogen-bond donors (Lipinski definition) is 0. The fourth-order valence-electron chi connectivity index (χ4n) is 2.09. The summed E-state index contributed by atoms with van der Waals surface area (Å²) in [6, 6.07) is 0. The van der Waals surface area contributed by atoms with Crippen molar-refractivity contribution in [1.82, 2.24) is 0 Å². The molecule has 2 rings (SSSR count). The van der Waals surface area contributed by atoms with Crippen LogP contribution in [0.15, 0.2) is 0 Å². The molecule has 1 heterocycles. The standard InChI is InChI=1S/C9H12O3/c1-5-7-4-6(10)2-3-8(7)12-9(5)11/h5,7-8H,2-4H2,1H3/t5-,7-,8-/m0/s1. The van der Waals surface area contributed by atoms with Crippen LogP contribution in [0, 0.1) is 11.8 Å². The molecule has 0 radical (unpaired) electrons. The van der Waals surface area contributed by atoms with Crippen LogP contribution in [0.4, 0.5) is 0 Å². The summed E-state index contributed by atoms with van der Waals surface area (Å²) in [6.45, 7) is 1.85. The van der Waals surface area contributed by atoms with Crippen molar-refractivity contribution in [3.05, 3.63) is 0 Å². The first kappa shape index (κ1) is 7.77. The third-order valence-corrected chi connectivity index (χ3v) is 2.93. The largest absolute Gasteiger partial charge is 0.462 e. The van der Waals surface area contributed by atoms with Crippen LogP contribution in [0.1, 0.15) is 26.2 Å². The Labute approximate surface area is 71.1 Å². The van der Waals surface area contributed by atoms with E-state index in [1.807, 2.05) is 6.92 Å². The highest BCUT2D eigenvalue weighted by molar-refractivity contribution is 5.83. The highest BCUT2D eigenvalue weighted by atomic mass is 16.6. The lowest BCUT2D eigenvalue weighted by Gasteiger charge is -2.22. The van der Waals surface area contributed by atoms with Crippen LogP contribution in [-0.4, -0.2) is 17.9 Å². The van der Waals surface area contributed by atoms with Gasteiger partial charge in [-0.05, 0) is 6.42 Å². The summed E-state index contributed by atoms with van der Waals surface area (Å²) in [5.41, 5.74) is 0. The van der Waals surface area contributed by atoms with Gasteiger partial charge in [-0.15, -0.1) is 0 Å². The van der Waals surface area contributed by atoms with Crippen LogP contribution in [0.2, 0.25) is 0 Å². The van der Waals surface area contributed by atoms with Crippen molar-refractivity contribution in [2.24, 2.45) is 11.8 Å². The van der Waals surface area contributed by atoms with Gasteiger partial charge < -0.3 is 4.74 Å². The maximum Gasteiger partial charge on any atom is 0.309 e. The first-order valence-corrected chi connectivity index (χ1v) is 4.40. The Bertz CT molecular complexity index is 234. The van der Waals surface area contributed by atoms with Crippen LogP contribution < -0.4 is 0 Å². The van der Waals surface area contributed by atoms with E-state index in [1.54, 1.807) is 0 Å². The molecule has 0 aromatic rings. The topological polar surface area (TPSA) is 43.4 Å². The normalized spacial score (nSPS) is 40.9. The lowest BCUT2D eigenvalue weighted by molar-refractivity contribution is -0.144. The van der Waals surface area contributed by atoms with Crippen molar-refractivity contribution < 1.29 is 14.3 Å². The van der Waals surface area contributed by atoms with Crippen molar-refractivity contribution >= 4 is 11.8 Å². The van der Waals surface area contributed by atoms with Crippen molar-refractivity contribution in [2.45, 2.75) is 32.3 Å². The summed E-state index contributed by atoms with van der Waals surface area (Å²) < 4.78 is 5.13. The Morgan fingerprint density at radius 2 is 2.17 bits per heavy atom. The predicted molar refractivity (Wildman–Crippen MR) is 41.4 cm³/mol. The zero-order valence-corrected chi connectivity index (χ0v) is 7.08. The van der Waals surface area contributed by atoms with Crippen LogP contribution in [0.5, 0.6) is 0 Å². The first-order chi connectivity index (χ1) is 5.68. The molecule has 66 valence electrons. The number of esters is 1. The van der Waals surface area contributed by atoms with Crippen LogP contribution in [-0.2, 0) is 14.3 Å². The molecular formula is C9H12O3. The second-order valence-corrected chi connectivity index (χ2v) is 3.71. The number of Topliss-reactive ketones (excluding diaryl/α,β-unsaturated/α-hetero) is 1. The molecule has 0 unspecified atom stereocenters. The van der Waals surface area contributed by atoms with Gasteiger partial charge >= 0.3 is 5.97 Å². The number of carbonyl (C=O) groups is 2. The molecule has 1 saturated carbocycles. The lowest BCUT2D eigenvalue weighted by atomic mass is 9.80. The molecule has 1 aliphatic heterocycles. The molecule has 0 aromatic carbocycles. The minimum absolute atomic E-state index is 0.0326. The van der Waals surface area contributed by atoms with Crippen LogP contribution >= 0.6 is 0 Å². The quantitative estimate of drug-likeness (QED) is 0.505. The molecule has 2 fully saturated rings. The van der Waals surface area contributed by atoms with E-state index in [1.165, 1.54) is 0 Å². The molecule has 0 amide bonds. The van der Waals surface area contributed by atoms with E-state index in [2.05, 4.69) is 0 Å². The molecular weight excluding hydrogens is 156 g/mol. The fraction of sp³-hybridized carbons (Fsp3) is 0.778. The Morgan fingerprint density at radius 1 is 1.42 bits per heavy atom. The van der Waals surface area contributed by atoms with Gasteiger partial charge in [0.2, 0.25) is 0 Å². The van der Waals surface area contributed by atoms with Gasteiger partial charge in [0.25, 0.3) is 0 Å². The van der Waals surface area contributed by atoms with Gasteiger partial charge in [0, 0.05) is 18.8 Å². The molecule has 0 aromatic heterocycles. The van der Waals surface area contributed by atoms with Gasteiger partial charge in [-0.2, -0.15) is 0 Å². The third kappa shape index (κ3) is 1.04. The Hall–Kier alpha value is -0.860. The van der Waals surface area contributed by atoms with Gasteiger partial charge in [-0.1, -0.05) is 6.92 Å². The number of carbonyl (C=O) groups excluding carboxylic acids is 2. The Kier molecular flexibility index (Phi) is 1.67. The maximum absolute atomic E-state index is 11.1. The van der Waals surface area contributed by atoms with Crippen molar-refractivity contribution in [3.63, 3.8) is 0 Å². The molecule has 3 heteroatoms. The van der Waals surface area contributed by atoms with Gasteiger partial charge in [-0.25, -0.2) is 0 Å². The van der Waals surface area contributed by atoms with E-state index in [-0.39, 0.29) is 29.7 Å². The smallest absolute Gasteiger partial charge is 0.309 e. The molecule has 3 nitrogen and oxygen atoms in total. The first-order valence-electron chi connectivity index (χ1n) is 4.40. The minimum atomic E-state index is -0.125. The monoisotopic (exact) mass is 168 g/mol. The average molecular weight is 168 g/mol. The second-order valence-electron chi connectivity index (χ2n) is 3.71. The Balaban J connectivity index is 2.15. The van der Waals surface area contributed by atoms with E-state index >= 15 is 0 Å². The van der Waals surface area contributed by atoms with Crippen molar-refractivity contribution in [1.29, 1.82) is 0 Å². The third-order valence-electron chi connectivity index (χ3n) is 2.93. The SMILES string of the molecule is C[C@@H]1C(=O)O[C@H]2CCC(=O)C[C@H]21. The number of hydrogen-bond acceptors (Lipinski definition) is 3. The summed E-state index contributed by atoms with van der Waals surface area (Å²) in [5.74, 6) is 0.249. The fourth-order valence-corrected chi connectivity index (χ4v) is 2.09. The van der Waals surface area contributed by atoms with Crippen molar-refractivity contribution in [3.8, 4) is 0 Å². The van der Waals surface area contributed by atoms with Crippen molar-refractivity contribution in [2.75, 3.05) is 0 Å². The molecule has 3 atom stereocenters. The molecule has 0 bridgehead atoms. The van der Waals surface area contributed by atoms with Crippen LogP contribution in [0.25, 0.3) is 0 Å². The maximum atomic E-state index is 11.1. The van der Waals surface area contributed by atoms with E-state index in [0.717, 1.165) is 6.42 Å². The lowest BCUT2D eigenvalue weighted by Crippen LogP contribution is -2.28. The summed E-state index contributed by atoms with van der Waals surface area (Å²) in [6.07, 6.45) is 1.89. The van der Waals surface area contributed by atoms with E-state index in [0.29, 0.717) is 12.8 Å². The van der Waals surface area contributed by atoms with Crippen LogP contribution in [0.3, 0.4) is 0 Å². The number of ether oxygens (including phenoxy) is 1. The minimum Gasteiger partial charge on any atom is -0.462 e. The molecule has 12 heavy (non-hydrogen) atoms. The predicted octanol–water partition coefficient (Wildman–Crippen LogP) is 0.917. The number of fused-ring (bicyclic) bond motifs is 1. The van der Waals surface area contributed by atoms with Gasteiger partial charge in [-0.3, -0.25) is 9.59 Å². The Morgan fingerprint density at radius 3 is 2.92 bits per heavy atom. The highest BCUT2D eigenvalue weighted by Crippen LogP contribution is 2.36. The summed E-state index contributed by atoms with van der Waals surface area (Å²) in [7, 11) is 0. The molecule has 1 aliphatic carbocycles. The van der Waals surface area contributed by atoms with E-state index in [9.17, 15) is 9.59 Å². The van der Waals surface area contributed by atoms with E-state index in [4.69, 9.17) is 4.74 Å². The number of rotatable bonds is 0. The summed E-state index contributed by atoms with van der Waals surface area (Å²) in [4.78, 5) is 22.2. The van der Waals surface area contributed by atoms with Gasteiger partial charge in [0.15, 0.2) is 0 Å². The molecule has 2 aliphatic rings. The number of ketones is 1. The second kappa shape index (κ2) is 2.57. The average Bonchev–Trinajstić information content (AvgIpc) is 2.31. The van der Waals surface area contributed by atoms with Gasteiger partial charge in [0.05, 0.1) is 5.92 Å². The zero-order valence-electron chi connectivity index (χ0n) is 7.08. The molecule has 0 N–H and O–H groups in total. The summed E-state index contributed by atoms with van der Waals surface area (Å²) in [5, 5.41) is 0.